The van der Waals surface area contributed by atoms with Crippen LogP contribution in [0.15, 0.2) is 11.6 Å². The fourth-order valence-corrected chi connectivity index (χ4v) is 3.77. The molecule has 1 saturated carbocycles. The Balaban J connectivity index is 2.13. The Morgan fingerprint density at radius 1 is 1.38 bits per heavy atom. The molecule has 2 aliphatic carbocycles. The number of carbonyl (C=O) groups is 1. The van der Waals surface area contributed by atoms with E-state index < -0.39 is 0 Å². The van der Waals surface area contributed by atoms with E-state index in [4.69, 9.17) is 0 Å². The molecule has 90 valence electrons. The number of hydrogen-bond donors (Lipinski definition) is 0. The predicted molar refractivity (Wildman–Crippen MR) is 67.2 cm³/mol. The maximum absolute atomic E-state index is 11.2. The number of hydrogen-bond acceptors (Lipinski definition) is 1. The van der Waals surface area contributed by atoms with Crippen LogP contribution in [-0.2, 0) is 4.79 Å². The van der Waals surface area contributed by atoms with Crippen LogP contribution in [0.2, 0.25) is 0 Å². The Labute approximate surface area is 99.3 Å². The first-order chi connectivity index (χ1) is 7.54. The molecule has 0 bridgehead atoms. The first-order valence-electron chi connectivity index (χ1n) is 6.65. The van der Waals surface area contributed by atoms with Crippen molar-refractivity contribution >= 4 is 6.29 Å². The van der Waals surface area contributed by atoms with Gasteiger partial charge in [-0.25, -0.2) is 0 Å². The summed E-state index contributed by atoms with van der Waals surface area (Å²) in [5.74, 6) is 1.76. The van der Waals surface area contributed by atoms with Gasteiger partial charge < -0.3 is 4.79 Å². The molecule has 16 heavy (non-hydrogen) atoms. The average Bonchev–Trinajstić information content (AvgIpc) is 2.27. The van der Waals surface area contributed by atoms with Crippen LogP contribution in [0.1, 0.15) is 52.9 Å². The van der Waals surface area contributed by atoms with Crippen LogP contribution in [0.25, 0.3) is 0 Å². The molecule has 0 aliphatic heterocycles. The lowest BCUT2D eigenvalue weighted by molar-refractivity contribution is -0.121. The lowest BCUT2D eigenvalue weighted by Gasteiger charge is -2.54. The molecular formula is C15H24O. The minimum atomic E-state index is 0.320. The van der Waals surface area contributed by atoms with Crippen molar-refractivity contribution in [3.63, 3.8) is 0 Å². The molecule has 0 amide bonds. The Kier molecular flexibility index (Phi) is 3.23. The Morgan fingerprint density at radius 2 is 2.12 bits per heavy atom. The predicted octanol–water partition coefficient (Wildman–Crippen LogP) is 3.98. The SMILES string of the molecule is C/C1=C/CCC(C=O)C2CC(C)(C)C2CC1. The molecule has 1 fully saturated rings. The van der Waals surface area contributed by atoms with Crippen LogP contribution in [-0.4, -0.2) is 6.29 Å². The van der Waals surface area contributed by atoms with Gasteiger partial charge in [0.1, 0.15) is 6.29 Å². The maximum Gasteiger partial charge on any atom is 0.123 e. The van der Waals surface area contributed by atoms with Gasteiger partial charge >= 0.3 is 0 Å². The minimum Gasteiger partial charge on any atom is -0.303 e. The highest BCUT2D eigenvalue weighted by atomic mass is 16.1. The summed E-state index contributed by atoms with van der Waals surface area (Å²) in [6, 6.07) is 0. The summed E-state index contributed by atoms with van der Waals surface area (Å²) in [6.07, 6.45) is 9.49. The molecule has 0 heterocycles. The smallest absolute Gasteiger partial charge is 0.123 e. The molecule has 0 aromatic carbocycles. The number of carbonyl (C=O) groups excluding carboxylic acids is 1. The van der Waals surface area contributed by atoms with Gasteiger partial charge in [-0.1, -0.05) is 25.5 Å². The number of allylic oxidation sites excluding steroid dienone is 2. The second-order valence-electron chi connectivity index (χ2n) is 6.43. The molecule has 3 atom stereocenters. The summed E-state index contributed by atoms with van der Waals surface area (Å²) in [4.78, 5) is 11.2. The zero-order valence-electron chi connectivity index (χ0n) is 10.8. The second kappa shape index (κ2) is 4.35. The zero-order valence-corrected chi connectivity index (χ0v) is 10.8. The summed E-state index contributed by atoms with van der Waals surface area (Å²) in [5.41, 5.74) is 1.99. The molecule has 1 nitrogen and oxygen atoms in total. The number of rotatable bonds is 1. The summed E-state index contributed by atoms with van der Waals surface area (Å²) < 4.78 is 0. The van der Waals surface area contributed by atoms with E-state index in [-0.39, 0.29) is 0 Å². The lowest BCUT2D eigenvalue weighted by atomic mass is 9.51. The Morgan fingerprint density at radius 3 is 2.75 bits per heavy atom. The first-order valence-corrected chi connectivity index (χ1v) is 6.65. The highest BCUT2D eigenvalue weighted by Gasteiger charge is 2.49. The van der Waals surface area contributed by atoms with Gasteiger partial charge in [0.15, 0.2) is 0 Å². The monoisotopic (exact) mass is 220 g/mol. The maximum atomic E-state index is 11.2. The van der Waals surface area contributed by atoms with Crippen LogP contribution in [0.4, 0.5) is 0 Å². The third-order valence-corrected chi connectivity index (χ3v) is 4.85. The van der Waals surface area contributed by atoms with E-state index in [0.717, 1.165) is 18.8 Å². The molecule has 0 radical (unpaired) electrons. The number of fused-ring (bicyclic) bond motifs is 1. The van der Waals surface area contributed by atoms with Gasteiger partial charge in [0, 0.05) is 5.92 Å². The normalized spacial score (nSPS) is 41.4. The van der Waals surface area contributed by atoms with Crippen molar-refractivity contribution in [3.05, 3.63) is 11.6 Å². The highest BCUT2D eigenvalue weighted by Crippen LogP contribution is 2.56. The first kappa shape index (κ1) is 11.9. The second-order valence-corrected chi connectivity index (χ2v) is 6.43. The lowest BCUT2D eigenvalue weighted by Crippen LogP contribution is -2.47. The molecular weight excluding hydrogens is 196 g/mol. The Hall–Kier alpha value is -0.590. The van der Waals surface area contributed by atoms with Crippen molar-refractivity contribution in [1.82, 2.24) is 0 Å². The Bertz CT molecular complexity index is 301. The standard InChI is InChI=1S/C15H24O/c1-11-5-4-6-12(10-16)13-9-15(2,3)14(13)8-7-11/h5,10,12-14H,4,6-9H2,1-3H3/b11-5-. The molecule has 0 spiro atoms. The van der Waals surface area contributed by atoms with Crippen LogP contribution in [0.3, 0.4) is 0 Å². The van der Waals surface area contributed by atoms with E-state index in [9.17, 15) is 4.79 Å². The summed E-state index contributed by atoms with van der Waals surface area (Å²) >= 11 is 0. The van der Waals surface area contributed by atoms with Crippen molar-refractivity contribution < 1.29 is 4.79 Å². The molecule has 0 saturated heterocycles. The van der Waals surface area contributed by atoms with Crippen molar-refractivity contribution in [1.29, 1.82) is 0 Å². The number of aldehydes is 1. The van der Waals surface area contributed by atoms with E-state index >= 15 is 0 Å². The molecule has 2 aliphatic rings. The van der Waals surface area contributed by atoms with Crippen LogP contribution >= 0.6 is 0 Å². The van der Waals surface area contributed by atoms with Crippen molar-refractivity contribution in [2.24, 2.45) is 23.2 Å². The molecule has 0 N–H and O–H groups in total. The summed E-state index contributed by atoms with van der Waals surface area (Å²) in [7, 11) is 0. The van der Waals surface area contributed by atoms with Gasteiger partial charge in [0.25, 0.3) is 0 Å². The van der Waals surface area contributed by atoms with Gasteiger partial charge in [-0.15, -0.1) is 0 Å². The van der Waals surface area contributed by atoms with Gasteiger partial charge in [-0.05, 0) is 56.3 Å². The molecule has 0 aromatic rings. The van der Waals surface area contributed by atoms with Gasteiger partial charge in [0.05, 0.1) is 0 Å². The summed E-state index contributed by atoms with van der Waals surface area (Å²) in [5, 5.41) is 0. The molecule has 0 aromatic heterocycles. The fraction of sp³-hybridized carbons (Fsp3) is 0.800. The van der Waals surface area contributed by atoms with Crippen LogP contribution < -0.4 is 0 Å². The van der Waals surface area contributed by atoms with Crippen LogP contribution in [0.5, 0.6) is 0 Å². The van der Waals surface area contributed by atoms with Crippen molar-refractivity contribution in [2.75, 3.05) is 0 Å². The average molecular weight is 220 g/mol. The molecule has 1 heteroatoms. The largest absolute Gasteiger partial charge is 0.303 e. The van der Waals surface area contributed by atoms with Gasteiger partial charge in [-0.2, -0.15) is 0 Å². The quantitative estimate of drug-likeness (QED) is 0.482. The zero-order chi connectivity index (χ0) is 11.8. The highest BCUT2D eigenvalue weighted by molar-refractivity contribution is 5.54. The van der Waals surface area contributed by atoms with E-state index in [0.29, 0.717) is 17.3 Å². The summed E-state index contributed by atoms with van der Waals surface area (Å²) in [6.45, 7) is 6.97. The topological polar surface area (TPSA) is 17.1 Å². The minimum absolute atomic E-state index is 0.320. The van der Waals surface area contributed by atoms with E-state index in [1.165, 1.54) is 31.1 Å². The molecule has 2 rings (SSSR count). The van der Waals surface area contributed by atoms with Crippen molar-refractivity contribution in [2.45, 2.75) is 52.9 Å². The van der Waals surface area contributed by atoms with E-state index in [2.05, 4.69) is 26.8 Å². The third kappa shape index (κ3) is 2.09. The fourth-order valence-electron chi connectivity index (χ4n) is 3.77. The van der Waals surface area contributed by atoms with Crippen molar-refractivity contribution in [3.8, 4) is 0 Å². The third-order valence-electron chi connectivity index (χ3n) is 4.85. The molecule has 3 unspecified atom stereocenters. The van der Waals surface area contributed by atoms with Gasteiger partial charge in [0.2, 0.25) is 0 Å². The van der Waals surface area contributed by atoms with Crippen LogP contribution in [0, 0.1) is 23.2 Å². The van der Waals surface area contributed by atoms with E-state index in [1.807, 2.05) is 0 Å². The van der Waals surface area contributed by atoms with Gasteiger partial charge in [-0.3, -0.25) is 0 Å². The van der Waals surface area contributed by atoms with E-state index in [1.54, 1.807) is 0 Å².